The van der Waals surface area contributed by atoms with Crippen molar-refractivity contribution < 1.29 is 30.4 Å². The van der Waals surface area contributed by atoms with E-state index in [1.807, 2.05) is 0 Å². The summed E-state index contributed by atoms with van der Waals surface area (Å²) in [5.41, 5.74) is 0. The summed E-state index contributed by atoms with van der Waals surface area (Å²) in [5, 5.41) is 6.75. The SMILES string of the molecule is [CH2-]O.[O]=[Pt]=[O]. The molecule has 0 saturated heterocycles. The summed E-state index contributed by atoms with van der Waals surface area (Å²) in [6, 6.07) is 0. The molecule has 0 bridgehead atoms. The Morgan fingerprint density at radius 3 is 1.40 bits per heavy atom. The van der Waals surface area contributed by atoms with Gasteiger partial charge in [0.05, 0.1) is 0 Å². The van der Waals surface area contributed by atoms with E-state index in [-0.39, 0.29) is 0 Å². The summed E-state index contributed by atoms with van der Waals surface area (Å²) in [6.45, 7) is 0. The fraction of sp³-hybridized carbons (Fsp3) is 0. The van der Waals surface area contributed by atoms with Crippen LogP contribution in [0.5, 0.6) is 0 Å². The quantitative estimate of drug-likeness (QED) is 0.618. The van der Waals surface area contributed by atoms with Crippen molar-refractivity contribution in [3.8, 4) is 0 Å². The fourth-order valence-corrected chi connectivity index (χ4v) is 0. The summed E-state index contributed by atoms with van der Waals surface area (Å²) in [4.78, 5) is 0. The van der Waals surface area contributed by atoms with Crippen LogP contribution >= 0.6 is 0 Å². The molecule has 0 aromatic heterocycles. The van der Waals surface area contributed by atoms with E-state index in [0.29, 0.717) is 0 Å². The summed E-state index contributed by atoms with van der Waals surface area (Å²) >= 11 is -1.92. The van der Waals surface area contributed by atoms with E-state index in [4.69, 9.17) is 11.9 Å². The van der Waals surface area contributed by atoms with Crippen molar-refractivity contribution in [2.24, 2.45) is 0 Å². The molecule has 0 radical (unpaired) electrons. The number of hydrogen-bond donors (Lipinski definition) is 1. The molecular weight excluding hydrogens is 255 g/mol. The molecule has 0 aliphatic rings. The first kappa shape index (κ1) is 8.98. The second kappa shape index (κ2) is 28.8. The zero-order valence-electron chi connectivity index (χ0n) is 2.29. The van der Waals surface area contributed by atoms with Gasteiger partial charge < -0.3 is 5.11 Å². The first-order valence-electron chi connectivity index (χ1n) is 0.574. The van der Waals surface area contributed by atoms with Crippen LogP contribution in [0.15, 0.2) is 0 Å². The average Bonchev–Trinajstić information content (AvgIpc) is 1.46. The van der Waals surface area contributed by atoms with E-state index in [0.717, 1.165) is 0 Å². The number of aliphatic hydroxyl groups excluding tert-OH is 1. The molecule has 3 nitrogen and oxygen atoms in total. The zero-order valence-corrected chi connectivity index (χ0v) is 4.56. The monoisotopic (exact) mass is 258 g/mol. The molecule has 0 aliphatic heterocycles. The van der Waals surface area contributed by atoms with E-state index in [9.17, 15) is 0 Å². The van der Waals surface area contributed by atoms with Crippen LogP contribution in [-0.4, -0.2) is 5.11 Å². The van der Waals surface area contributed by atoms with Crippen LogP contribution in [0.25, 0.3) is 0 Å². The van der Waals surface area contributed by atoms with Crippen molar-refractivity contribution in [2.45, 2.75) is 0 Å². The van der Waals surface area contributed by atoms with Gasteiger partial charge in [-0.3, -0.25) is 0 Å². The molecule has 0 amide bonds. The number of aliphatic hydroxyl groups is 1. The maximum atomic E-state index is 8.49. The van der Waals surface area contributed by atoms with E-state index >= 15 is 0 Å². The van der Waals surface area contributed by atoms with Gasteiger partial charge in [0.2, 0.25) is 0 Å². The molecule has 0 aromatic carbocycles. The summed E-state index contributed by atoms with van der Waals surface area (Å²) in [6.07, 6.45) is 0. The van der Waals surface area contributed by atoms with Gasteiger partial charge in [-0.05, 0) is 0 Å². The Morgan fingerprint density at radius 2 is 1.40 bits per heavy atom. The van der Waals surface area contributed by atoms with E-state index in [1.54, 1.807) is 0 Å². The minimum absolute atomic E-state index is 1.92. The number of hydrogen-bond acceptors (Lipinski definition) is 3. The van der Waals surface area contributed by atoms with E-state index in [2.05, 4.69) is 7.11 Å². The minimum atomic E-state index is -1.92. The van der Waals surface area contributed by atoms with Crippen molar-refractivity contribution in [1.82, 2.24) is 0 Å². The molecule has 5 heavy (non-hydrogen) atoms. The maximum absolute atomic E-state index is 8.49. The predicted molar refractivity (Wildman–Crippen MR) is 8.67 cm³/mol. The van der Waals surface area contributed by atoms with Gasteiger partial charge in [0.1, 0.15) is 0 Å². The van der Waals surface area contributed by atoms with Crippen molar-refractivity contribution in [3.63, 3.8) is 0 Å². The Hall–Kier alpha value is 0.248. The van der Waals surface area contributed by atoms with Gasteiger partial charge >= 0.3 is 25.3 Å². The van der Waals surface area contributed by atoms with Crippen LogP contribution in [0.1, 0.15) is 0 Å². The van der Waals surface area contributed by atoms with Crippen LogP contribution < -0.4 is 0 Å². The van der Waals surface area contributed by atoms with Gasteiger partial charge in [-0.15, -0.1) is 0 Å². The van der Waals surface area contributed by atoms with Crippen LogP contribution in [0.2, 0.25) is 0 Å². The Bertz CT molecular complexity index is 27.9. The Balaban J connectivity index is 0. The van der Waals surface area contributed by atoms with Crippen molar-refractivity contribution in [3.05, 3.63) is 7.11 Å². The van der Waals surface area contributed by atoms with Crippen LogP contribution in [0.3, 0.4) is 0 Å². The second-order valence-corrected chi connectivity index (χ2v) is 0.431. The molecule has 4 heteroatoms. The predicted octanol–water partition coefficient (Wildman–Crippen LogP) is -0.0896. The van der Waals surface area contributed by atoms with Gasteiger partial charge in [-0.1, -0.05) is 0 Å². The Labute approximate surface area is 38.1 Å². The van der Waals surface area contributed by atoms with Crippen LogP contribution in [0, 0.1) is 7.11 Å². The molecule has 0 rings (SSSR count). The van der Waals surface area contributed by atoms with Crippen molar-refractivity contribution in [1.29, 1.82) is 0 Å². The normalized spacial score (nSPS) is 5.20. The van der Waals surface area contributed by atoms with Crippen LogP contribution in [-0.2, 0) is 25.3 Å². The first-order valence-corrected chi connectivity index (χ1v) is 2.43. The van der Waals surface area contributed by atoms with Crippen molar-refractivity contribution in [2.75, 3.05) is 0 Å². The molecule has 36 valence electrons. The molecule has 1 N–H and O–H groups in total. The third kappa shape index (κ3) is 348. The number of rotatable bonds is 0. The summed E-state index contributed by atoms with van der Waals surface area (Å²) < 4.78 is 17.0. The third-order valence-corrected chi connectivity index (χ3v) is 0. The molecule has 0 heterocycles. The Kier molecular flexibility index (Phi) is 51.6. The molecule has 0 unspecified atom stereocenters. The molecule has 0 spiro atoms. The van der Waals surface area contributed by atoms with E-state index in [1.165, 1.54) is 0 Å². The fourth-order valence-electron chi connectivity index (χ4n) is 0. The van der Waals surface area contributed by atoms with Crippen LogP contribution in [0.4, 0.5) is 0 Å². The summed E-state index contributed by atoms with van der Waals surface area (Å²) in [5.74, 6) is 0. The molecule has 0 atom stereocenters. The van der Waals surface area contributed by atoms with Gasteiger partial charge in [0.25, 0.3) is 0 Å². The Morgan fingerprint density at radius 1 is 1.40 bits per heavy atom. The third-order valence-electron chi connectivity index (χ3n) is 0. The molecular formula is CH3O3Pt-. The van der Waals surface area contributed by atoms with E-state index < -0.39 is 18.5 Å². The average molecular weight is 258 g/mol. The van der Waals surface area contributed by atoms with Gasteiger partial charge in [0, 0.05) is 0 Å². The topological polar surface area (TPSA) is 54.4 Å². The molecule has 0 saturated carbocycles. The zero-order chi connectivity index (χ0) is 4.71. The van der Waals surface area contributed by atoms with Gasteiger partial charge in [0.15, 0.2) is 0 Å². The molecule has 0 aliphatic carbocycles. The van der Waals surface area contributed by atoms with Crippen molar-refractivity contribution >= 4 is 0 Å². The van der Waals surface area contributed by atoms with Gasteiger partial charge in [-0.2, -0.15) is 0 Å². The van der Waals surface area contributed by atoms with Gasteiger partial charge in [-0.25, -0.2) is 7.11 Å². The second-order valence-electron chi connectivity index (χ2n) is 0.0527. The standard InChI is InChI=1S/CH3O.2O.Pt/c1-2;;;/h2H,1H2;;;/q-1;;;. The molecule has 0 fully saturated rings. The first-order chi connectivity index (χ1) is 2.41. The summed E-state index contributed by atoms with van der Waals surface area (Å²) in [7, 11) is 2.25. The molecule has 0 aromatic rings.